The summed E-state index contributed by atoms with van der Waals surface area (Å²) in [6.45, 7) is 8.35. The van der Waals surface area contributed by atoms with Crippen LogP contribution in [-0.4, -0.2) is 35.2 Å². The molecule has 6 atom stereocenters. The highest BCUT2D eigenvalue weighted by Crippen LogP contribution is 2.39. The lowest BCUT2D eigenvalue weighted by atomic mass is 9.73. The molecule has 5 heterocycles. The van der Waals surface area contributed by atoms with Gasteiger partial charge in [-0.05, 0) is 42.2 Å². The van der Waals surface area contributed by atoms with Crippen LogP contribution >= 0.6 is 0 Å². The molecule has 3 aromatic carbocycles. The van der Waals surface area contributed by atoms with E-state index in [9.17, 15) is 9.90 Å². The Kier molecular flexibility index (Phi) is 7.50. The van der Waals surface area contributed by atoms with E-state index in [1.807, 2.05) is 60.8 Å². The summed E-state index contributed by atoms with van der Waals surface area (Å²) in [5.41, 5.74) is 5.47. The van der Waals surface area contributed by atoms with Crippen molar-refractivity contribution in [3.05, 3.63) is 120 Å². The van der Waals surface area contributed by atoms with Gasteiger partial charge in [0.2, 0.25) is 0 Å². The van der Waals surface area contributed by atoms with Gasteiger partial charge in [-0.2, -0.15) is 0 Å². The van der Waals surface area contributed by atoms with Crippen molar-refractivity contribution in [2.45, 2.75) is 44.2 Å². The van der Waals surface area contributed by atoms with Crippen LogP contribution in [0, 0.1) is 18.8 Å². The third-order valence-corrected chi connectivity index (χ3v) is 9.04. The SMILES string of the molecule is C=CC1C[NH+]2CCC1C[C@H]2[C@H](O)c1ccnc2ccccc12.Cc1ccc2c(c1)[C@@H](c1ccccc1)CC(=O)O2. The van der Waals surface area contributed by atoms with E-state index in [2.05, 4.69) is 48.8 Å². The van der Waals surface area contributed by atoms with Crippen LogP contribution < -0.4 is 9.64 Å². The zero-order valence-corrected chi connectivity index (χ0v) is 23.0. The smallest absolute Gasteiger partial charge is 0.312 e. The zero-order valence-electron chi connectivity index (χ0n) is 23.0. The summed E-state index contributed by atoms with van der Waals surface area (Å²) < 4.78 is 5.30. The third kappa shape index (κ3) is 5.19. The van der Waals surface area contributed by atoms with E-state index in [0.29, 0.717) is 30.0 Å². The molecule has 0 radical (unpaired) electrons. The number of hydrogen-bond acceptors (Lipinski definition) is 4. The Labute approximate surface area is 236 Å². The van der Waals surface area contributed by atoms with Gasteiger partial charge >= 0.3 is 5.97 Å². The number of carbonyl (C=O) groups excluding carboxylic acids is 1. The van der Waals surface area contributed by atoms with Crippen molar-refractivity contribution in [3.63, 3.8) is 0 Å². The monoisotopic (exact) mass is 533 g/mol. The fourth-order valence-corrected chi connectivity index (χ4v) is 6.96. The number of piperidine rings is 3. The molecule has 40 heavy (non-hydrogen) atoms. The number of fused-ring (bicyclic) bond motifs is 5. The molecule has 4 aromatic rings. The average Bonchev–Trinajstić information content (AvgIpc) is 3.01. The van der Waals surface area contributed by atoms with Gasteiger partial charge in [0, 0.05) is 41.8 Å². The van der Waals surface area contributed by atoms with E-state index in [4.69, 9.17) is 4.74 Å². The molecule has 3 fully saturated rings. The molecule has 3 unspecified atom stereocenters. The van der Waals surface area contributed by atoms with Crippen molar-refractivity contribution in [2.24, 2.45) is 11.8 Å². The third-order valence-electron chi connectivity index (χ3n) is 9.04. The number of ether oxygens (including phenoxy) is 1. The van der Waals surface area contributed by atoms with Gasteiger partial charge < -0.3 is 14.7 Å². The quantitative estimate of drug-likeness (QED) is 0.216. The van der Waals surface area contributed by atoms with E-state index in [1.54, 1.807) is 4.90 Å². The van der Waals surface area contributed by atoms with E-state index in [1.165, 1.54) is 24.1 Å². The van der Waals surface area contributed by atoms with Gasteiger partial charge in [-0.1, -0.05) is 72.3 Å². The van der Waals surface area contributed by atoms with Gasteiger partial charge in [0.05, 0.1) is 25.0 Å². The summed E-state index contributed by atoms with van der Waals surface area (Å²) in [5, 5.41) is 12.1. The van der Waals surface area contributed by atoms with Crippen LogP contribution in [0.15, 0.2) is 97.7 Å². The number of aliphatic hydroxyl groups excluding tert-OH is 1. The van der Waals surface area contributed by atoms with Crippen LogP contribution in [0.4, 0.5) is 0 Å². The lowest BCUT2D eigenvalue weighted by Crippen LogP contribution is -3.20. The molecule has 2 N–H and O–H groups in total. The first-order chi connectivity index (χ1) is 19.5. The maximum absolute atomic E-state index is 11.7. The Morgan fingerprint density at radius 2 is 1.88 bits per heavy atom. The van der Waals surface area contributed by atoms with Gasteiger partial charge in [-0.15, -0.1) is 6.58 Å². The first kappa shape index (κ1) is 26.4. The highest BCUT2D eigenvalue weighted by Gasteiger charge is 2.45. The largest absolute Gasteiger partial charge is 0.426 e. The molecule has 0 amide bonds. The van der Waals surface area contributed by atoms with Crippen LogP contribution in [0.3, 0.4) is 0 Å². The molecule has 8 rings (SSSR count). The zero-order chi connectivity index (χ0) is 27.6. The number of carbonyl (C=O) groups is 1. The van der Waals surface area contributed by atoms with Crippen molar-refractivity contribution >= 4 is 16.9 Å². The van der Waals surface area contributed by atoms with Gasteiger partial charge in [0.15, 0.2) is 0 Å². The van der Waals surface area contributed by atoms with Gasteiger partial charge in [-0.25, -0.2) is 0 Å². The maximum Gasteiger partial charge on any atom is 0.312 e. The lowest BCUT2D eigenvalue weighted by molar-refractivity contribution is -0.949. The predicted molar refractivity (Wildman–Crippen MR) is 157 cm³/mol. The number of para-hydroxylation sites is 1. The Morgan fingerprint density at radius 1 is 1.07 bits per heavy atom. The minimum atomic E-state index is -0.406. The summed E-state index contributed by atoms with van der Waals surface area (Å²) >= 11 is 0. The molecule has 5 heteroatoms. The molecule has 5 nitrogen and oxygen atoms in total. The second kappa shape index (κ2) is 11.4. The second-order valence-corrected chi connectivity index (χ2v) is 11.4. The molecule has 3 saturated heterocycles. The summed E-state index contributed by atoms with van der Waals surface area (Å²) in [7, 11) is 0. The number of nitrogens with one attached hydrogen (secondary N) is 1. The van der Waals surface area contributed by atoms with E-state index in [-0.39, 0.29) is 11.9 Å². The number of pyridine rings is 1. The number of nitrogens with zero attached hydrogens (tertiary/aromatic N) is 1. The lowest BCUT2D eigenvalue weighted by Gasteiger charge is -2.47. The molecule has 2 bridgehead atoms. The average molecular weight is 534 g/mol. The van der Waals surface area contributed by atoms with Crippen LogP contribution in [0.5, 0.6) is 5.75 Å². The van der Waals surface area contributed by atoms with Crippen molar-refractivity contribution in [1.82, 2.24) is 4.98 Å². The number of aliphatic hydroxyl groups is 1. The van der Waals surface area contributed by atoms with Gasteiger partial charge in [0.25, 0.3) is 0 Å². The van der Waals surface area contributed by atoms with Gasteiger partial charge in [-0.3, -0.25) is 9.78 Å². The maximum atomic E-state index is 11.7. The van der Waals surface area contributed by atoms with E-state index >= 15 is 0 Å². The Bertz CT molecular complexity index is 1510. The molecule has 204 valence electrons. The number of esters is 1. The van der Waals surface area contributed by atoms with E-state index in [0.717, 1.165) is 35.0 Å². The predicted octanol–water partition coefficient (Wildman–Crippen LogP) is 5.18. The normalized spacial score (nSPS) is 25.8. The Morgan fingerprint density at radius 3 is 2.65 bits per heavy atom. The van der Waals surface area contributed by atoms with Crippen molar-refractivity contribution in [1.29, 1.82) is 0 Å². The summed E-state index contributed by atoms with van der Waals surface area (Å²) in [6, 6.07) is 26.5. The number of rotatable bonds is 4. The van der Waals surface area contributed by atoms with Crippen LogP contribution in [0.1, 0.15) is 53.5 Å². The number of hydrogen-bond donors (Lipinski definition) is 2. The minimum absolute atomic E-state index is 0.113. The molecule has 4 aliphatic rings. The van der Waals surface area contributed by atoms with E-state index < -0.39 is 6.10 Å². The standard InChI is InChI=1S/C19H22N2O.C16H14O2/c1-2-13-12-21-10-8-14(13)11-18(21)19(22)16-7-9-20-17-6-4-3-5-15(16)17;1-11-7-8-15-14(9-11)13(10-16(17)18-15)12-5-3-2-4-6-12/h2-7,9,13-14,18-19,22H,1,8,10-12H2;2-9,13H,10H2,1H3/p+1/t13?,14?,18-,19+;13-/m01/s1. The summed E-state index contributed by atoms with van der Waals surface area (Å²) in [6.07, 6.45) is 6.32. The fourth-order valence-electron chi connectivity index (χ4n) is 6.96. The molecule has 0 spiro atoms. The fraction of sp³-hybridized carbons (Fsp3) is 0.314. The number of benzene rings is 3. The van der Waals surface area contributed by atoms with Crippen LogP contribution in [-0.2, 0) is 4.79 Å². The molecular formula is C35H37N2O3+. The highest BCUT2D eigenvalue weighted by molar-refractivity contribution is 5.82. The Hall–Kier alpha value is -3.80. The van der Waals surface area contributed by atoms with Gasteiger partial charge in [0.1, 0.15) is 17.9 Å². The second-order valence-electron chi connectivity index (χ2n) is 11.4. The molecule has 4 aliphatic heterocycles. The Balaban J connectivity index is 0.000000148. The first-order valence-corrected chi connectivity index (χ1v) is 14.4. The molecule has 1 aromatic heterocycles. The summed E-state index contributed by atoms with van der Waals surface area (Å²) in [5.74, 6) is 1.98. The highest BCUT2D eigenvalue weighted by atomic mass is 16.5. The minimum Gasteiger partial charge on any atom is -0.426 e. The number of aryl methyl sites for hydroxylation is 1. The van der Waals surface area contributed by atoms with Crippen molar-refractivity contribution in [3.8, 4) is 5.75 Å². The topological polar surface area (TPSA) is 63.9 Å². The summed E-state index contributed by atoms with van der Waals surface area (Å²) in [4.78, 5) is 17.6. The number of quaternary nitrogens is 1. The van der Waals surface area contributed by atoms with Crippen molar-refractivity contribution < 1.29 is 19.5 Å². The molecule has 0 aliphatic carbocycles. The molecular weight excluding hydrogens is 496 g/mol. The first-order valence-electron chi connectivity index (χ1n) is 14.4. The van der Waals surface area contributed by atoms with Crippen LogP contribution in [0.2, 0.25) is 0 Å². The van der Waals surface area contributed by atoms with Crippen LogP contribution in [0.25, 0.3) is 10.9 Å². The van der Waals surface area contributed by atoms with Crippen molar-refractivity contribution in [2.75, 3.05) is 13.1 Å². The molecule has 0 saturated carbocycles. The number of aromatic nitrogens is 1.